The standard InChI is InChI=1S/C35H42N12/c1-23-19-25(11-17-33(23)38-42-46(7)8)35(26-12-18-34(24(2)20-26)39-43-47(9)10)31-21-27(36-40-44(3)4)13-15-29(31)30-16-14-28(22-32(30)35)37-41-45(5)6/h11-22H,1-10H3. The maximum Gasteiger partial charge on any atom is 0.0903 e. The first-order valence-corrected chi connectivity index (χ1v) is 15.3. The Hall–Kier alpha value is -5.52. The molecule has 5 rings (SSSR count). The molecule has 12 nitrogen and oxygen atoms in total. The van der Waals surface area contributed by atoms with Crippen LogP contribution in [-0.4, -0.2) is 76.4 Å². The van der Waals surface area contributed by atoms with Crippen LogP contribution in [0.2, 0.25) is 0 Å². The number of hydrogen-bond donors (Lipinski definition) is 0. The quantitative estimate of drug-likeness (QED) is 0.113. The summed E-state index contributed by atoms with van der Waals surface area (Å²) < 4.78 is 0. The van der Waals surface area contributed by atoms with Gasteiger partial charge in [0.1, 0.15) is 0 Å². The smallest absolute Gasteiger partial charge is 0.0903 e. The number of hydrogen-bond acceptors (Lipinski definition) is 8. The number of rotatable bonds is 10. The van der Waals surface area contributed by atoms with E-state index >= 15 is 0 Å². The Kier molecular flexibility index (Phi) is 9.41. The van der Waals surface area contributed by atoms with E-state index in [1.54, 1.807) is 20.0 Å². The molecule has 1 aliphatic carbocycles. The molecule has 0 aromatic heterocycles. The fourth-order valence-electron chi connectivity index (χ4n) is 5.77. The molecule has 0 saturated heterocycles. The van der Waals surface area contributed by atoms with Gasteiger partial charge in [-0.15, -0.1) is 20.5 Å². The second-order valence-corrected chi connectivity index (χ2v) is 12.4. The van der Waals surface area contributed by atoms with E-state index < -0.39 is 5.41 Å². The van der Waals surface area contributed by atoms with Crippen molar-refractivity contribution in [2.75, 3.05) is 56.4 Å². The molecule has 0 bridgehead atoms. The van der Waals surface area contributed by atoms with Crippen molar-refractivity contribution in [1.82, 2.24) is 20.0 Å². The molecule has 47 heavy (non-hydrogen) atoms. The van der Waals surface area contributed by atoms with Crippen LogP contribution in [0, 0.1) is 13.8 Å². The van der Waals surface area contributed by atoms with Gasteiger partial charge in [0.2, 0.25) is 0 Å². The molecule has 0 aliphatic heterocycles. The number of benzene rings is 4. The van der Waals surface area contributed by atoms with E-state index in [0.717, 1.165) is 67.3 Å². The summed E-state index contributed by atoms with van der Waals surface area (Å²) in [6, 6.07) is 25.4. The highest BCUT2D eigenvalue weighted by atomic mass is 15.5. The lowest BCUT2D eigenvalue weighted by atomic mass is 9.67. The highest BCUT2D eigenvalue weighted by molar-refractivity contribution is 5.88. The average Bonchev–Trinajstić information content (AvgIpc) is 3.31. The van der Waals surface area contributed by atoms with Crippen LogP contribution >= 0.6 is 0 Å². The van der Waals surface area contributed by atoms with Crippen LogP contribution in [0.3, 0.4) is 0 Å². The van der Waals surface area contributed by atoms with Gasteiger partial charge in [-0.05, 0) is 94.8 Å². The first kappa shape index (κ1) is 32.9. The Morgan fingerprint density at radius 3 is 1.13 bits per heavy atom. The van der Waals surface area contributed by atoms with Gasteiger partial charge >= 0.3 is 0 Å². The lowest BCUT2D eigenvalue weighted by Crippen LogP contribution is -2.28. The summed E-state index contributed by atoms with van der Waals surface area (Å²) in [6.07, 6.45) is 0. The van der Waals surface area contributed by atoms with Crippen LogP contribution in [0.4, 0.5) is 22.7 Å². The molecule has 0 unspecified atom stereocenters. The molecule has 12 heteroatoms. The summed E-state index contributed by atoms with van der Waals surface area (Å²) in [5, 5.41) is 42.0. The van der Waals surface area contributed by atoms with E-state index in [1.165, 1.54) is 0 Å². The van der Waals surface area contributed by atoms with E-state index in [9.17, 15) is 0 Å². The van der Waals surface area contributed by atoms with Crippen molar-refractivity contribution in [3.63, 3.8) is 0 Å². The van der Waals surface area contributed by atoms with Crippen molar-refractivity contribution in [2.24, 2.45) is 41.4 Å². The molecule has 4 aromatic carbocycles. The monoisotopic (exact) mass is 630 g/mol. The highest BCUT2D eigenvalue weighted by Crippen LogP contribution is 2.58. The summed E-state index contributed by atoms with van der Waals surface area (Å²) >= 11 is 0. The number of aryl methyl sites for hydroxylation is 2. The SMILES string of the molecule is Cc1cc(C2(c3ccc(N=NN(C)C)c(C)c3)c3cc(N=NN(C)C)ccc3-c3ccc(N=NN(C)C)cc32)ccc1N=NN(C)C. The normalized spacial score (nSPS) is 15.6. The predicted molar refractivity (Wildman–Crippen MR) is 186 cm³/mol. The molecule has 0 saturated carbocycles. The van der Waals surface area contributed by atoms with E-state index in [4.69, 9.17) is 0 Å². The zero-order chi connectivity index (χ0) is 33.9. The van der Waals surface area contributed by atoms with Gasteiger partial charge in [-0.1, -0.05) is 57.3 Å². The second kappa shape index (κ2) is 13.5. The fourth-order valence-corrected chi connectivity index (χ4v) is 5.77. The van der Waals surface area contributed by atoms with Crippen molar-refractivity contribution < 1.29 is 0 Å². The summed E-state index contributed by atoms with van der Waals surface area (Å²) in [5.74, 6) is 0. The lowest BCUT2D eigenvalue weighted by Gasteiger charge is -2.34. The first-order valence-electron chi connectivity index (χ1n) is 15.3. The Morgan fingerprint density at radius 2 is 0.787 bits per heavy atom. The minimum atomic E-state index is -0.748. The summed E-state index contributed by atoms with van der Waals surface area (Å²) in [7, 11) is 14.9. The van der Waals surface area contributed by atoms with Crippen molar-refractivity contribution in [3.8, 4) is 11.1 Å². The van der Waals surface area contributed by atoms with Crippen LogP contribution in [0.25, 0.3) is 11.1 Å². The van der Waals surface area contributed by atoms with Gasteiger partial charge in [-0.2, -0.15) is 0 Å². The van der Waals surface area contributed by atoms with Crippen LogP contribution in [-0.2, 0) is 5.41 Å². The van der Waals surface area contributed by atoms with Crippen LogP contribution in [0.1, 0.15) is 33.4 Å². The maximum absolute atomic E-state index is 4.56. The highest BCUT2D eigenvalue weighted by Gasteiger charge is 2.47. The summed E-state index contributed by atoms with van der Waals surface area (Å²) in [4.78, 5) is 0. The molecular formula is C35H42N12. The van der Waals surface area contributed by atoms with Crippen LogP contribution < -0.4 is 0 Å². The van der Waals surface area contributed by atoms with E-state index in [2.05, 4.69) is 104 Å². The van der Waals surface area contributed by atoms with E-state index in [0.29, 0.717) is 0 Å². The second-order valence-electron chi connectivity index (χ2n) is 12.4. The van der Waals surface area contributed by atoms with Gasteiger partial charge in [0.15, 0.2) is 0 Å². The number of nitrogens with zero attached hydrogens (tertiary/aromatic N) is 12. The number of fused-ring (bicyclic) bond motifs is 3. The zero-order valence-corrected chi connectivity index (χ0v) is 28.8. The van der Waals surface area contributed by atoms with Crippen molar-refractivity contribution in [1.29, 1.82) is 0 Å². The van der Waals surface area contributed by atoms with Gasteiger partial charge in [0.05, 0.1) is 28.2 Å². The molecule has 4 aromatic rings. The molecule has 0 heterocycles. The third-order valence-corrected chi connectivity index (χ3v) is 7.70. The molecular weight excluding hydrogens is 588 g/mol. The molecule has 0 fully saturated rings. The Labute approximate surface area is 276 Å². The molecule has 0 amide bonds. The molecule has 0 spiro atoms. The summed E-state index contributed by atoms with van der Waals surface area (Å²) in [5.41, 5.74) is 10.9. The predicted octanol–water partition coefficient (Wildman–Crippen LogP) is 8.91. The Bertz CT molecular complexity index is 1750. The van der Waals surface area contributed by atoms with Gasteiger partial charge in [-0.3, -0.25) is 20.0 Å². The van der Waals surface area contributed by atoms with E-state index in [1.807, 2.05) is 80.6 Å². The van der Waals surface area contributed by atoms with E-state index in [-0.39, 0.29) is 0 Å². The van der Waals surface area contributed by atoms with Gasteiger partial charge < -0.3 is 0 Å². The largest absolute Gasteiger partial charge is 0.285 e. The summed E-state index contributed by atoms with van der Waals surface area (Å²) in [6.45, 7) is 4.13. The van der Waals surface area contributed by atoms with Gasteiger partial charge in [0.25, 0.3) is 0 Å². The minimum Gasteiger partial charge on any atom is -0.285 e. The maximum atomic E-state index is 4.56. The van der Waals surface area contributed by atoms with Crippen molar-refractivity contribution in [2.45, 2.75) is 19.3 Å². The van der Waals surface area contributed by atoms with Gasteiger partial charge in [0, 0.05) is 56.4 Å². The average molecular weight is 631 g/mol. The van der Waals surface area contributed by atoms with Crippen LogP contribution in [0.5, 0.6) is 0 Å². The first-order chi connectivity index (χ1) is 22.4. The lowest BCUT2D eigenvalue weighted by molar-refractivity contribution is 0.408. The third kappa shape index (κ3) is 6.71. The van der Waals surface area contributed by atoms with Crippen LogP contribution in [0.15, 0.2) is 114 Å². The molecule has 1 aliphatic rings. The fraction of sp³-hybridized carbons (Fsp3) is 0.314. The molecule has 0 radical (unpaired) electrons. The minimum absolute atomic E-state index is 0.748. The molecule has 242 valence electrons. The molecule has 0 N–H and O–H groups in total. The Morgan fingerprint density at radius 1 is 0.426 bits per heavy atom. The topological polar surface area (TPSA) is 112 Å². The van der Waals surface area contributed by atoms with Crippen molar-refractivity contribution >= 4 is 22.7 Å². The molecule has 0 atom stereocenters. The van der Waals surface area contributed by atoms with Gasteiger partial charge in [-0.25, -0.2) is 0 Å². The van der Waals surface area contributed by atoms with Crippen molar-refractivity contribution in [3.05, 3.63) is 106 Å². The Balaban J connectivity index is 1.88. The zero-order valence-electron chi connectivity index (χ0n) is 28.8. The third-order valence-electron chi connectivity index (χ3n) is 7.70.